The van der Waals surface area contributed by atoms with Crippen molar-refractivity contribution in [1.29, 1.82) is 0 Å². The van der Waals surface area contributed by atoms with E-state index in [9.17, 15) is 13.6 Å². The minimum Gasteiger partial charge on any atom is -0.349 e. The van der Waals surface area contributed by atoms with Gasteiger partial charge in [0.2, 0.25) is 0 Å². The highest BCUT2D eigenvalue weighted by atomic mass is 19.2. The second kappa shape index (κ2) is 5.75. The number of rotatable bonds is 4. The predicted octanol–water partition coefficient (Wildman–Crippen LogP) is 3.13. The molecule has 2 unspecified atom stereocenters. The standard InChI is InChI=1S/C13H17F2NO/c1-4-8(2)9(3)16-13(17)10-6-5-7-11(14)12(10)15/h5-9H,4H2,1-3H3,(H,16,17). The monoisotopic (exact) mass is 241 g/mol. The van der Waals surface area contributed by atoms with Crippen LogP contribution in [0.5, 0.6) is 0 Å². The number of halogens is 2. The average molecular weight is 241 g/mol. The first kappa shape index (κ1) is 13.6. The molecule has 2 nitrogen and oxygen atoms in total. The van der Waals surface area contributed by atoms with Gasteiger partial charge in [0.1, 0.15) is 0 Å². The second-order valence-electron chi connectivity index (χ2n) is 4.25. The molecule has 0 aliphatic heterocycles. The quantitative estimate of drug-likeness (QED) is 0.862. The largest absolute Gasteiger partial charge is 0.349 e. The average Bonchev–Trinajstić information content (AvgIpc) is 2.31. The van der Waals surface area contributed by atoms with Crippen LogP contribution < -0.4 is 5.32 Å². The lowest BCUT2D eigenvalue weighted by molar-refractivity contribution is 0.0923. The summed E-state index contributed by atoms with van der Waals surface area (Å²) < 4.78 is 26.3. The molecule has 1 rings (SSSR count). The topological polar surface area (TPSA) is 29.1 Å². The molecule has 0 saturated heterocycles. The fraction of sp³-hybridized carbons (Fsp3) is 0.462. The lowest BCUT2D eigenvalue weighted by Gasteiger charge is -2.20. The molecule has 0 fully saturated rings. The molecule has 0 aliphatic rings. The number of hydrogen-bond donors (Lipinski definition) is 1. The van der Waals surface area contributed by atoms with Gasteiger partial charge in [-0.1, -0.05) is 26.3 Å². The first-order chi connectivity index (χ1) is 7.97. The minimum atomic E-state index is -1.10. The molecule has 1 amide bonds. The summed E-state index contributed by atoms with van der Waals surface area (Å²) in [6, 6.07) is 3.51. The van der Waals surface area contributed by atoms with Crippen LogP contribution in [0, 0.1) is 17.6 Å². The third-order valence-corrected chi connectivity index (χ3v) is 3.05. The van der Waals surface area contributed by atoms with E-state index in [0.717, 1.165) is 12.5 Å². The Kier molecular flexibility index (Phi) is 4.61. The van der Waals surface area contributed by atoms with Gasteiger partial charge in [-0.15, -0.1) is 0 Å². The van der Waals surface area contributed by atoms with Gasteiger partial charge in [0.15, 0.2) is 11.6 Å². The molecular formula is C13H17F2NO. The minimum absolute atomic E-state index is 0.0739. The summed E-state index contributed by atoms with van der Waals surface area (Å²) >= 11 is 0. The molecule has 1 N–H and O–H groups in total. The first-order valence-corrected chi connectivity index (χ1v) is 5.72. The van der Waals surface area contributed by atoms with Gasteiger partial charge in [-0.2, -0.15) is 0 Å². The molecule has 0 radical (unpaired) electrons. The lowest BCUT2D eigenvalue weighted by Crippen LogP contribution is -2.37. The normalized spacial score (nSPS) is 14.2. The van der Waals surface area contributed by atoms with Crippen LogP contribution in [0.15, 0.2) is 18.2 Å². The van der Waals surface area contributed by atoms with Crippen molar-refractivity contribution in [2.24, 2.45) is 5.92 Å². The van der Waals surface area contributed by atoms with Gasteiger partial charge in [0.25, 0.3) is 5.91 Å². The van der Waals surface area contributed by atoms with E-state index in [-0.39, 0.29) is 17.5 Å². The van der Waals surface area contributed by atoms with Crippen LogP contribution in [0.1, 0.15) is 37.6 Å². The maximum absolute atomic E-state index is 13.3. The summed E-state index contributed by atoms with van der Waals surface area (Å²) in [7, 11) is 0. The fourth-order valence-electron chi connectivity index (χ4n) is 1.46. The molecule has 0 spiro atoms. The van der Waals surface area contributed by atoms with Crippen LogP contribution >= 0.6 is 0 Å². The zero-order valence-corrected chi connectivity index (χ0v) is 10.3. The van der Waals surface area contributed by atoms with E-state index in [2.05, 4.69) is 5.32 Å². The van der Waals surface area contributed by atoms with Crippen molar-refractivity contribution >= 4 is 5.91 Å². The Hall–Kier alpha value is -1.45. The number of benzene rings is 1. The van der Waals surface area contributed by atoms with E-state index >= 15 is 0 Å². The van der Waals surface area contributed by atoms with Gasteiger partial charge >= 0.3 is 0 Å². The Labute approximate surface area is 100 Å². The fourth-order valence-corrected chi connectivity index (χ4v) is 1.46. The Bertz CT molecular complexity index is 406. The van der Waals surface area contributed by atoms with Gasteiger partial charge in [-0.25, -0.2) is 8.78 Å². The van der Waals surface area contributed by atoms with Crippen molar-refractivity contribution in [3.05, 3.63) is 35.4 Å². The first-order valence-electron chi connectivity index (χ1n) is 5.72. The molecule has 1 aromatic carbocycles. The predicted molar refractivity (Wildman–Crippen MR) is 62.7 cm³/mol. The highest BCUT2D eigenvalue weighted by molar-refractivity contribution is 5.94. The smallest absolute Gasteiger partial charge is 0.254 e. The van der Waals surface area contributed by atoms with Gasteiger partial charge in [0, 0.05) is 6.04 Å². The maximum Gasteiger partial charge on any atom is 0.254 e. The summed E-state index contributed by atoms with van der Waals surface area (Å²) in [5.74, 6) is -2.39. The summed E-state index contributed by atoms with van der Waals surface area (Å²) in [6.45, 7) is 5.85. The zero-order chi connectivity index (χ0) is 13.0. The Balaban J connectivity index is 2.80. The highest BCUT2D eigenvalue weighted by Crippen LogP contribution is 2.13. The lowest BCUT2D eigenvalue weighted by atomic mass is 10.0. The SMILES string of the molecule is CCC(C)C(C)NC(=O)c1cccc(F)c1F. The van der Waals surface area contributed by atoms with E-state index < -0.39 is 17.5 Å². The molecule has 0 saturated carbocycles. The Morgan fingerprint density at radius 1 is 1.35 bits per heavy atom. The van der Waals surface area contributed by atoms with Crippen LogP contribution in [-0.4, -0.2) is 11.9 Å². The van der Waals surface area contributed by atoms with Crippen molar-refractivity contribution < 1.29 is 13.6 Å². The Morgan fingerprint density at radius 3 is 2.59 bits per heavy atom. The van der Waals surface area contributed by atoms with Crippen LogP contribution in [0.3, 0.4) is 0 Å². The van der Waals surface area contributed by atoms with Crippen LogP contribution in [-0.2, 0) is 0 Å². The molecule has 0 aromatic heterocycles. The van der Waals surface area contributed by atoms with E-state index in [1.165, 1.54) is 12.1 Å². The zero-order valence-electron chi connectivity index (χ0n) is 10.3. The Morgan fingerprint density at radius 2 is 2.00 bits per heavy atom. The molecule has 0 bridgehead atoms. The van der Waals surface area contributed by atoms with Crippen molar-refractivity contribution in [3.63, 3.8) is 0 Å². The summed E-state index contributed by atoms with van der Waals surface area (Å²) in [4.78, 5) is 11.7. The molecule has 1 aromatic rings. The van der Waals surface area contributed by atoms with Crippen LogP contribution in [0.2, 0.25) is 0 Å². The van der Waals surface area contributed by atoms with Gasteiger partial charge < -0.3 is 5.32 Å². The summed E-state index contributed by atoms with van der Waals surface area (Å²) in [5.41, 5.74) is -0.250. The van der Waals surface area contributed by atoms with Crippen molar-refractivity contribution in [3.8, 4) is 0 Å². The van der Waals surface area contributed by atoms with Crippen molar-refractivity contribution in [1.82, 2.24) is 5.32 Å². The number of hydrogen-bond acceptors (Lipinski definition) is 1. The van der Waals surface area contributed by atoms with Crippen LogP contribution in [0.25, 0.3) is 0 Å². The van der Waals surface area contributed by atoms with Crippen molar-refractivity contribution in [2.45, 2.75) is 33.2 Å². The third kappa shape index (κ3) is 3.25. The molecule has 94 valence electrons. The van der Waals surface area contributed by atoms with Crippen LogP contribution in [0.4, 0.5) is 8.78 Å². The molecule has 2 atom stereocenters. The molecule has 17 heavy (non-hydrogen) atoms. The van der Waals surface area contributed by atoms with E-state index in [1.807, 2.05) is 20.8 Å². The summed E-state index contributed by atoms with van der Waals surface area (Å²) in [5, 5.41) is 2.67. The molecule has 0 heterocycles. The molecule has 4 heteroatoms. The number of carbonyl (C=O) groups is 1. The van der Waals surface area contributed by atoms with E-state index in [4.69, 9.17) is 0 Å². The third-order valence-electron chi connectivity index (χ3n) is 3.05. The van der Waals surface area contributed by atoms with E-state index in [1.54, 1.807) is 0 Å². The van der Waals surface area contributed by atoms with Gasteiger partial charge in [-0.05, 0) is 25.0 Å². The van der Waals surface area contributed by atoms with E-state index in [0.29, 0.717) is 0 Å². The van der Waals surface area contributed by atoms with Crippen molar-refractivity contribution in [2.75, 3.05) is 0 Å². The second-order valence-corrected chi connectivity index (χ2v) is 4.25. The van der Waals surface area contributed by atoms with Gasteiger partial charge in [0.05, 0.1) is 5.56 Å². The summed E-state index contributed by atoms with van der Waals surface area (Å²) in [6.07, 6.45) is 0.910. The van der Waals surface area contributed by atoms with Gasteiger partial charge in [-0.3, -0.25) is 4.79 Å². The molecule has 0 aliphatic carbocycles. The number of nitrogens with one attached hydrogen (secondary N) is 1. The number of amides is 1. The highest BCUT2D eigenvalue weighted by Gasteiger charge is 2.18. The maximum atomic E-state index is 13.3. The molecular weight excluding hydrogens is 224 g/mol. The number of carbonyl (C=O) groups excluding carboxylic acids is 1.